The van der Waals surface area contributed by atoms with E-state index >= 15 is 0 Å². The summed E-state index contributed by atoms with van der Waals surface area (Å²) in [5.74, 6) is 0.611. The van der Waals surface area contributed by atoms with Gasteiger partial charge < -0.3 is 0 Å². The lowest BCUT2D eigenvalue weighted by molar-refractivity contribution is 0.738. The fourth-order valence-corrected chi connectivity index (χ4v) is 2.52. The SMILES string of the molecule is CCC(C)c1ccc(C)c2scnc12. The molecular weight excluding hydrogens is 190 g/mol. The van der Waals surface area contributed by atoms with Crippen LogP contribution in [0.15, 0.2) is 17.6 Å². The Morgan fingerprint density at radius 3 is 2.93 bits per heavy atom. The summed E-state index contributed by atoms with van der Waals surface area (Å²) >= 11 is 1.74. The Balaban J connectivity index is 2.66. The van der Waals surface area contributed by atoms with Crippen molar-refractivity contribution in [1.29, 1.82) is 0 Å². The van der Waals surface area contributed by atoms with Gasteiger partial charge in [0.25, 0.3) is 0 Å². The third kappa shape index (κ3) is 1.44. The summed E-state index contributed by atoms with van der Waals surface area (Å²) in [5.41, 5.74) is 5.90. The maximum absolute atomic E-state index is 4.47. The number of hydrogen-bond acceptors (Lipinski definition) is 2. The van der Waals surface area contributed by atoms with Gasteiger partial charge in [-0.1, -0.05) is 26.0 Å². The Hall–Kier alpha value is -0.890. The summed E-state index contributed by atoms with van der Waals surface area (Å²) in [6.45, 7) is 6.65. The molecule has 0 N–H and O–H groups in total. The maximum atomic E-state index is 4.47. The van der Waals surface area contributed by atoms with Gasteiger partial charge in [-0.15, -0.1) is 11.3 Å². The third-order valence-corrected chi connectivity index (χ3v) is 3.82. The zero-order valence-electron chi connectivity index (χ0n) is 8.87. The third-order valence-electron chi connectivity index (χ3n) is 2.86. The normalized spacial score (nSPS) is 13.4. The van der Waals surface area contributed by atoms with Crippen LogP contribution in [0.4, 0.5) is 0 Å². The smallest absolute Gasteiger partial charge is 0.0849 e. The van der Waals surface area contributed by atoms with Gasteiger partial charge in [0.15, 0.2) is 0 Å². The minimum atomic E-state index is 0.611. The molecule has 0 amide bonds. The Morgan fingerprint density at radius 2 is 2.21 bits per heavy atom. The van der Waals surface area contributed by atoms with Crippen molar-refractivity contribution in [3.63, 3.8) is 0 Å². The van der Waals surface area contributed by atoms with E-state index in [1.807, 2.05) is 5.51 Å². The molecule has 0 aliphatic carbocycles. The van der Waals surface area contributed by atoms with Crippen molar-refractivity contribution in [2.45, 2.75) is 33.1 Å². The van der Waals surface area contributed by atoms with Crippen LogP contribution in [0.5, 0.6) is 0 Å². The number of benzene rings is 1. The molecule has 0 radical (unpaired) electrons. The van der Waals surface area contributed by atoms with Crippen molar-refractivity contribution in [3.8, 4) is 0 Å². The molecule has 1 unspecified atom stereocenters. The quantitative estimate of drug-likeness (QED) is 0.718. The molecule has 1 aromatic carbocycles. The first-order valence-electron chi connectivity index (χ1n) is 5.06. The van der Waals surface area contributed by atoms with E-state index in [-0.39, 0.29) is 0 Å². The molecule has 0 fully saturated rings. The van der Waals surface area contributed by atoms with E-state index in [0.717, 1.165) is 0 Å². The van der Waals surface area contributed by atoms with Crippen molar-refractivity contribution < 1.29 is 0 Å². The van der Waals surface area contributed by atoms with Crippen LogP contribution in [-0.2, 0) is 0 Å². The molecule has 0 aliphatic rings. The van der Waals surface area contributed by atoms with Gasteiger partial charge in [-0.25, -0.2) is 4.98 Å². The molecule has 1 heterocycles. The molecule has 2 aromatic rings. The number of nitrogens with zero attached hydrogens (tertiary/aromatic N) is 1. The molecule has 0 bridgehead atoms. The first-order chi connectivity index (χ1) is 6.74. The van der Waals surface area contributed by atoms with E-state index in [9.17, 15) is 0 Å². The minimum Gasteiger partial charge on any atom is -0.244 e. The second-order valence-electron chi connectivity index (χ2n) is 3.81. The maximum Gasteiger partial charge on any atom is 0.0849 e. The molecule has 0 saturated carbocycles. The highest BCUT2D eigenvalue weighted by Gasteiger charge is 2.10. The van der Waals surface area contributed by atoms with Crippen LogP contribution in [0.25, 0.3) is 10.2 Å². The highest BCUT2D eigenvalue weighted by Crippen LogP contribution is 2.30. The Bertz CT molecular complexity index is 445. The lowest BCUT2D eigenvalue weighted by atomic mass is 9.96. The van der Waals surface area contributed by atoms with Gasteiger partial charge in [0, 0.05) is 0 Å². The van der Waals surface area contributed by atoms with Crippen molar-refractivity contribution in [3.05, 3.63) is 28.8 Å². The lowest BCUT2D eigenvalue weighted by Crippen LogP contribution is -1.93. The highest BCUT2D eigenvalue weighted by molar-refractivity contribution is 7.17. The van der Waals surface area contributed by atoms with Crippen LogP contribution >= 0.6 is 11.3 Å². The molecule has 0 spiro atoms. The molecular formula is C12H15NS. The summed E-state index contributed by atoms with van der Waals surface area (Å²) in [7, 11) is 0. The second kappa shape index (κ2) is 3.70. The highest BCUT2D eigenvalue weighted by atomic mass is 32.1. The van der Waals surface area contributed by atoms with Crippen LogP contribution in [0, 0.1) is 6.92 Å². The van der Waals surface area contributed by atoms with E-state index in [4.69, 9.17) is 0 Å². The van der Waals surface area contributed by atoms with Crippen molar-refractivity contribution in [2.75, 3.05) is 0 Å². The van der Waals surface area contributed by atoms with Crippen molar-refractivity contribution in [2.24, 2.45) is 0 Å². The van der Waals surface area contributed by atoms with Crippen LogP contribution in [0.3, 0.4) is 0 Å². The molecule has 2 heteroatoms. The zero-order valence-corrected chi connectivity index (χ0v) is 9.69. The van der Waals surface area contributed by atoms with Crippen LogP contribution in [0.2, 0.25) is 0 Å². The van der Waals surface area contributed by atoms with E-state index in [1.165, 1.54) is 27.8 Å². The first-order valence-corrected chi connectivity index (χ1v) is 5.94. The second-order valence-corrected chi connectivity index (χ2v) is 4.67. The molecule has 74 valence electrons. The van der Waals surface area contributed by atoms with E-state index in [0.29, 0.717) is 5.92 Å². The number of fused-ring (bicyclic) bond motifs is 1. The van der Waals surface area contributed by atoms with Gasteiger partial charge in [-0.05, 0) is 30.4 Å². The summed E-state index contributed by atoms with van der Waals surface area (Å²) in [4.78, 5) is 4.47. The fourth-order valence-electron chi connectivity index (χ4n) is 1.72. The molecule has 14 heavy (non-hydrogen) atoms. The fraction of sp³-hybridized carbons (Fsp3) is 0.417. The van der Waals surface area contributed by atoms with E-state index in [1.54, 1.807) is 11.3 Å². The Morgan fingerprint density at radius 1 is 1.43 bits per heavy atom. The summed E-state index contributed by atoms with van der Waals surface area (Å²) in [5, 5.41) is 0. The van der Waals surface area contributed by atoms with Gasteiger partial charge in [0.1, 0.15) is 0 Å². The van der Waals surface area contributed by atoms with Gasteiger partial charge >= 0.3 is 0 Å². The van der Waals surface area contributed by atoms with E-state index < -0.39 is 0 Å². The number of aryl methyl sites for hydroxylation is 1. The average molecular weight is 205 g/mol. The Labute approximate surface area is 88.8 Å². The average Bonchev–Trinajstić information content (AvgIpc) is 2.67. The van der Waals surface area contributed by atoms with Gasteiger partial charge in [0.2, 0.25) is 0 Å². The molecule has 0 saturated heterocycles. The van der Waals surface area contributed by atoms with Crippen LogP contribution in [0.1, 0.15) is 37.3 Å². The minimum absolute atomic E-state index is 0.611. The monoisotopic (exact) mass is 205 g/mol. The number of aromatic nitrogens is 1. The van der Waals surface area contributed by atoms with Gasteiger partial charge in [0.05, 0.1) is 15.7 Å². The van der Waals surface area contributed by atoms with E-state index in [2.05, 4.69) is 37.9 Å². The number of hydrogen-bond donors (Lipinski definition) is 0. The van der Waals surface area contributed by atoms with Crippen LogP contribution < -0.4 is 0 Å². The summed E-state index contributed by atoms with van der Waals surface area (Å²) in [6, 6.07) is 4.44. The predicted molar refractivity (Wildman–Crippen MR) is 63.1 cm³/mol. The lowest BCUT2D eigenvalue weighted by Gasteiger charge is -2.10. The molecule has 1 atom stereocenters. The predicted octanol–water partition coefficient (Wildman–Crippen LogP) is 4.12. The van der Waals surface area contributed by atoms with Crippen LogP contribution in [-0.4, -0.2) is 4.98 Å². The number of rotatable bonds is 2. The first kappa shape index (κ1) is 9.66. The van der Waals surface area contributed by atoms with Gasteiger partial charge in [-0.2, -0.15) is 0 Å². The summed E-state index contributed by atoms with van der Waals surface area (Å²) in [6.07, 6.45) is 1.18. The summed E-state index contributed by atoms with van der Waals surface area (Å²) < 4.78 is 1.35. The molecule has 2 rings (SSSR count). The largest absolute Gasteiger partial charge is 0.244 e. The molecule has 1 aromatic heterocycles. The standard InChI is InChI=1S/C12H15NS/c1-4-8(2)10-6-5-9(3)12-11(10)13-7-14-12/h5-8H,4H2,1-3H3. The van der Waals surface area contributed by atoms with Gasteiger partial charge in [-0.3, -0.25) is 0 Å². The Kier molecular flexibility index (Phi) is 2.55. The number of thiazole rings is 1. The topological polar surface area (TPSA) is 12.9 Å². The zero-order chi connectivity index (χ0) is 10.1. The molecule has 0 aliphatic heterocycles. The van der Waals surface area contributed by atoms with Crippen molar-refractivity contribution in [1.82, 2.24) is 4.98 Å². The van der Waals surface area contributed by atoms with Crippen molar-refractivity contribution >= 4 is 21.6 Å². The molecule has 1 nitrogen and oxygen atoms in total.